The molecule has 0 bridgehead atoms. The second-order valence-corrected chi connectivity index (χ2v) is 9.12. The molecule has 0 radical (unpaired) electrons. The first kappa shape index (κ1) is 17.7. The van der Waals surface area contributed by atoms with Gasteiger partial charge in [0.05, 0.1) is 13.2 Å². The van der Waals surface area contributed by atoms with Gasteiger partial charge < -0.3 is 14.2 Å². The van der Waals surface area contributed by atoms with E-state index in [1.54, 1.807) is 0 Å². The third kappa shape index (κ3) is 3.45. The summed E-state index contributed by atoms with van der Waals surface area (Å²) in [6, 6.07) is 16.7. The van der Waals surface area contributed by atoms with E-state index in [-0.39, 0.29) is 12.2 Å². The van der Waals surface area contributed by atoms with Crippen LogP contribution >= 0.6 is 31.9 Å². The van der Waals surface area contributed by atoms with Gasteiger partial charge in [0, 0.05) is 0 Å². The monoisotopic (exact) mass is 466 g/mol. The van der Waals surface area contributed by atoms with E-state index in [9.17, 15) is 0 Å². The van der Waals surface area contributed by atoms with Crippen LogP contribution in [0.25, 0.3) is 0 Å². The first-order valence-corrected chi connectivity index (χ1v) is 9.96. The average molecular weight is 468 g/mol. The van der Waals surface area contributed by atoms with Gasteiger partial charge >= 0.3 is 0 Å². The molecule has 2 heterocycles. The average Bonchev–Trinajstić information content (AvgIpc) is 3.48. The largest absolute Gasteiger partial charge is 0.369 e. The quantitative estimate of drug-likeness (QED) is 0.447. The first-order valence-electron chi connectivity index (χ1n) is 8.37. The van der Waals surface area contributed by atoms with E-state index < -0.39 is 9.02 Å². The predicted molar refractivity (Wildman–Crippen MR) is 104 cm³/mol. The van der Waals surface area contributed by atoms with Gasteiger partial charge in [0.15, 0.2) is 9.02 Å². The lowest BCUT2D eigenvalue weighted by Gasteiger charge is -2.37. The van der Waals surface area contributed by atoms with Crippen molar-refractivity contribution in [3.63, 3.8) is 0 Å². The van der Waals surface area contributed by atoms with Gasteiger partial charge in [-0.2, -0.15) is 0 Å². The zero-order valence-electron chi connectivity index (χ0n) is 14.2. The molecule has 3 nitrogen and oxygen atoms in total. The van der Waals surface area contributed by atoms with Crippen molar-refractivity contribution in [3.8, 4) is 0 Å². The third-order valence-electron chi connectivity index (χ3n) is 4.68. The molecule has 4 rings (SSSR count). The molecule has 0 spiro atoms. The summed E-state index contributed by atoms with van der Waals surface area (Å²) in [4.78, 5) is 0. The molecule has 5 heteroatoms. The molecule has 2 aromatic rings. The minimum absolute atomic E-state index is 0.0312. The Bertz CT molecular complexity index is 688. The van der Waals surface area contributed by atoms with Crippen LogP contribution in [0.3, 0.4) is 0 Å². The zero-order valence-corrected chi connectivity index (χ0v) is 17.3. The normalized spacial score (nSPS) is 26.6. The van der Waals surface area contributed by atoms with Gasteiger partial charge in [-0.25, -0.2) is 0 Å². The summed E-state index contributed by atoms with van der Waals surface area (Å²) >= 11 is 7.71. The van der Waals surface area contributed by atoms with Crippen LogP contribution < -0.4 is 0 Å². The third-order valence-corrected chi connectivity index (χ3v) is 6.94. The number of halogens is 2. The summed E-state index contributed by atoms with van der Waals surface area (Å²) in [6.07, 6.45) is -0.0624. The van der Waals surface area contributed by atoms with Crippen molar-refractivity contribution in [2.75, 3.05) is 13.2 Å². The molecule has 25 heavy (non-hydrogen) atoms. The maximum atomic E-state index is 6.71. The van der Waals surface area contributed by atoms with Crippen molar-refractivity contribution in [1.29, 1.82) is 0 Å². The van der Waals surface area contributed by atoms with E-state index in [0.29, 0.717) is 13.2 Å². The van der Waals surface area contributed by atoms with Crippen molar-refractivity contribution >= 4 is 31.9 Å². The molecule has 0 aliphatic carbocycles. The topological polar surface area (TPSA) is 34.3 Å². The highest BCUT2D eigenvalue weighted by Gasteiger charge is 2.57. The number of alkyl halides is 2. The van der Waals surface area contributed by atoms with Crippen LogP contribution in [-0.2, 0) is 23.2 Å². The van der Waals surface area contributed by atoms with Crippen molar-refractivity contribution in [2.24, 2.45) is 0 Å². The molecule has 4 unspecified atom stereocenters. The predicted octanol–water partition coefficient (Wildman–Crippen LogP) is 4.91. The van der Waals surface area contributed by atoms with Crippen LogP contribution in [0.1, 0.15) is 22.3 Å². The molecule has 2 fully saturated rings. The standard InChI is InChI=1S/C20H20Br2O3/c1-13-3-7-15(8-4-13)19(21,17-11-23-17)25-20(22,18-12-24-18)16-9-5-14(2)6-10-16/h3-10,17-18H,11-12H2,1-2H3. The lowest BCUT2D eigenvalue weighted by atomic mass is 10.0. The van der Waals surface area contributed by atoms with Gasteiger partial charge in [0.2, 0.25) is 0 Å². The van der Waals surface area contributed by atoms with Gasteiger partial charge in [-0.05, 0) is 56.8 Å². The maximum Gasteiger partial charge on any atom is 0.178 e. The van der Waals surface area contributed by atoms with Crippen molar-refractivity contribution in [3.05, 3.63) is 70.8 Å². The van der Waals surface area contributed by atoms with Crippen LogP contribution in [0.5, 0.6) is 0 Å². The summed E-state index contributed by atoms with van der Waals surface area (Å²) in [6.45, 7) is 5.49. The fourth-order valence-corrected chi connectivity index (χ4v) is 4.71. The van der Waals surface area contributed by atoms with E-state index in [2.05, 4.69) is 94.2 Å². The number of aryl methyl sites for hydroxylation is 2. The lowest BCUT2D eigenvalue weighted by molar-refractivity contribution is -0.0796. The Labute approximate surface area is 164 Å². The van der Waals surface area contributed by atoms with Gasteiger partial charge in [-0.1, -0.05) is 59.7 Å². The van der Waals surface area contributed by atoms with E-state index >= 15 is 0 Å². The maximum absolute atomic E-state index is 6.71. The Morgan fingerprint density at radius 3 is 1.36 bits per heavy atom. The van der Waals surface area contributed by atoms with Crippen LogP contribution in [0.2, 0.25) is 0 Å². The number of benzene rings is 2. The summed E-state index contributed by atoms with van der Waals surface area (Å²) in [5.41, 5.74) is 4.50. The minimum atomic E-state index is -0.735. The van der Waals surface area contributed by atoms with Gasteiger partial charge in [0.25, 0.3) is 0 Å². The Morgan fingerprint density at radius 1 is 0.760 bits per heavy atom. The number of epoxide rings is 2. The van der Waals surface area contributed by atoms with E-state index in [0.717, 1.165) is 11.1 Å². The summed E-state index contributed by atoms with van der Waals surface area (Å²) in [7, 11) is 0. The molecule has 0 N–H and O–H groups in total. The number of hydrogen-bond donors (Lipinski definition) is 0. The zero-order chi connectivity index (χ0) is 17.7. The van der Waals surface area contributed by atoms with Gasteiger partial charge in [-0.3, -0.25) is 0 Å². The van der Waals surface area contributed by atoms with Gasteiger partial charge in [-0.15, -0.1) is 0 Å². The molecule has 2 saturated heterocycles. The molecule has 132 valence electrons. The summed E-state index contributed by atoms with van der Waals surface area (Å²) < 4.78 is 16.5. The smallest absolute Gasteiger partial charge is 0.178 e. The Morgan fingerprint density at radius 2 is 1.08 bits per heavy atom. The van der Waals surface area contributed by atoms with E-state index in [1.807, 2.05) is 0 Å². The Hall–Kier alpha value is -0.720. The molecule has 0 saturated carbocycles. The molecular formula is C20H20Br2O3. The first-order chi connectivity index (χ1) is 11.9. The highest BCUT2D eigenvalue weighted by atomic mass is 79.9. The van der Waals surface area contributed by atoms with Crippen LogP contribution in [0.15, 0.2) is 48.5 Å². The summed E-state index contributed by atoms with van der Waals surface area (Å²) in [5, 5.41) is 0. The highest BCUT2D eigenvalue weighted by Crippen LogP contribution is 2.53. The van der Waals surface area contributed by atoms with Crippen molar-refractivity contribution in [1.82, 2.24) is 0 Å². The van der Waals surface area contributed by atoms with E-state index in [1.165, 1.54) is 11.1 Å². The molecule has 4 atom stereocenters. The molecule has 0 amide bonds. The Kier molecular flexibility index (Phi) is 4.57. The highest BCUT2D eigenvalue weighted by molar-refractivity contribution is 9.10. The molecule has 2 aliphatic heterocycles. The fourth-order valence-electron chi connectivity index (χ4n) is 2.92. The summed E-state index contributed by atoms with van der Waals surface area (Å²) in [5.74, 6) is 0. The van der Waals surface area contributed by atoms with Crippen LogP contribution in [0, 0.1) is 13.8 Å². The molecule has 0 aromatic heterocycles. The fraction of sp³-hybridized carbons (Fsp3) is 0.400. The van der Waals surface area contributed by atoms with Crippen LogP contribution in [0.4, 0.5) is 0 Å². The number of ether oxygens (including phenoxy) is 3. The lowest BCUT2D eigenvalue weighted by Crippen LogP contribution is -2.40. The number of hydrogen-bond acceptors (Lipinski definition) is 3. The van der Waals surface area contributed by atoms with E-state index in [4.69, 9.17) is 14.2 Å². The van der Waals surface area contributed by atoms with Crippen LogP contribution in [-0.4, -0.2) is 25.4 Å². The van der Waals surface area contributed by atoms with Crippen molar-refractivity contribution in [2.45, 2.75) is 35.1 Å². The minimum Gasteiger partial charge on any atom is -0.369 e. The Balaban J connectivity index is 1.72. The molecular weight excluding hydrogens is 448 g/mol. The number of rotatable bonds is 6. The second kappa shape index (κ2) is 6.46. The van der Waals surface area contributed by atoms with Gasteiger partial charge in [0.1, 0.15) is 12.2 Å². The SMILES string of the molecule is Cc1ccc(C(Br)(OC(Br)(c2ccc(C)cc2)C2CO2)C2CO2)cc1. The molecule has 2 aliphatic rings. The van der Waals surface area contributed by atoms with Crippen molar-refractivity contribution < 1.29 is 14.2 Å². The second-order valence-electron chi connectivity index (χ2n) is 6.77. The molecule has 2 aromatic carbocycles.